The molecule has 1 aliphatic heterocycles. The first-order valence-corrected chi connectivity index (χ1v) is 8.51. The van der Waals surface area contributed by atoms with Crippen molar-refractivity contribution in [3.63, 3.8) is 0 Å². The number of hydrogen-bond donors (Lipinski definition) is 1. The van der Waals surface area contributed by atoms with Gasteiger partial charge in [-0.3, -0.25) is 0 Å². The lowest BCUT2D eigenvalue weighted by atomic mass is 9.97. The first-order valence-electron chi connectivity index (χ1n) is 7.02. The average molecular weight is 329 g/mol. The second-order valence-corrected chi connectivity index (χ2v) is 6.91. The molecule has 0 saturated carbocycles. The number of rotatable bonds is 4. The summed E-state index contributed by atoms with van der Waals surface area (Å²) in [4.78, 5) is 12.2. The monoisotopic (exact) mass is 329 g/mol. The number of carbonyl (C=O) groups is 1. The number of esters is 1. The fourth-order valence-corrected chi connectivity index (χ4v) is 3.21. The van der Waals surface area contributed by atoms with E-state index in [9.17, 15) is 13.2 Å². The number of ether oxygens (including phenoxy) is 1. The summed E-state index contributed by atoms with van der Waals surface area (Å²) in [5.74, 6) is -0.363. The quantitative estimate of drug-likeness (QED) is 0.872. The number of carbonyl (C=O) groups excluding carboxylic acids is 1. The van der Waals surface area contributed by atoms with E-state index in [1.54, 1.807) is 12.1 Å². The summed E-state index contributed by atoms with van der Waals surface area (Å²) >= 11 is 0. The molecule has 23 heavy (non-hydrogen) atoms. The normalized spacial score (nSPS) is 14.9. The smallest absolute Gasteiger partial charge is 0.339 e. The summed E-state index contributed by atoms with van der Waals surface area (Å²) in [6.45, 7) is 0.182. The van der Waals surface area contributed by atoms with Crippen LogP contribution in [0.3, 0.4) is 0 Å². The predicted octanol–water partition coefficient (Wildman–Crippen LogP) is 2.06. The van der Waals surface area contributed by atoms with Crippen molar-refractivity contribution in [2.75, 3.05) is 13.7 Å². The minimum atomic E-state index is -3.48. The molecular formula is C17H15NO4S. The van der Waals surface area contributed by atoms with Gasteiger partial charge in [0.15, 0.2) is 0 Å². The van der Waals surface area contributed by atoms with Crippen molar-refractivity contribution in [1.82, 2.24) is 4.72 Å². The van der Waals surface area contributed by atoms with Gasteiger partial charge in [-0.2, -0.15) is 0 Å². The van der Waals surface area contributed by atoms with E-state index in [2.05, 4.69) is 4.72 Å². The fourth-order valence-electron chi connectivity index (χ4n) is 2.48. The maximum Gasteiger partial charge on any atom is 0.339 e. The topological polar surface area (TPSA) is 72.5 Å². The van der Waals surface area contributed by atoms with Crippen LogP contribution in [0.25, 0.3) is 11.1 Å². The first kappa shape index (κ1) is 15.5. The Balaban J connectivity index is 2.06. The van der Waals surface area contributed by atoms with Crippen LogP contribution >= 0.6 is 0 Å². The van der Waals surface area contributed by atoms with Gasteiger partial charge in [0.25, 0.3) is 0 Å². The number of benzene rings is 2. The molecule has 0 bridgehead atoms. The molecule has 3 rings (SSSR count). The second kappa shape index (κ2) is 5.98. The van der Waals surface area contributed by atoms with Gasteiger partial charge in [-0.25, -0.2) is 17.9 Å². The molecule has 5 nitrogen and oxygen atoms in total. The molecule has 0 unspecified atom stereocenters. The van der Waals surface area contributed by atoms with Gasteiger partial charge in [0.05, 0.1) is 10.5 Å². The third-order valence-electron chi connectivity index (χ3n) is 3.70. The van der Waals surface area contributed by atoms with Gasteiger partial charge in [0.2, 0.25) is 10.0 Å². The van der Waals surface area contributed by atoms with Crippen LogP contribution < -0.4 is 4.72 Å². The van der Waals surface area contributed by atoms with E-state index in [1.807, 2.05) is 30.3 Å². The molecule has 1 heterocycles. The number of sulfonamides is 1. The van der Waals surface area contributed by atoms with Crippen molar-refractivity contribution in [2.45, 2.75) is 4.90 Å². The van der Waals surface area contributed by atoms with Crippen LogP contribution in [0.1, 0.15) is 11.1 Å². The van der Waals surface area contributed by atoms with Crippen LogP contribution in [0, 0.1) is 0 Å². The molecule has 6 heteroatoms. The minimum Gasteiger partial charge on any atom is -0.457 e. The highest BCUT2D eigenvalue weighted by atomic mass is 32.2. The van der Waals surface area contributed by atoms with Crippen LogP contribution in [-0.4, -0.2) is 28.0 Å². The van der Waals surface area contributed by atoms with E-state index in [0.717, 1.165) is 16.7 Å². The van der Waals surface area contributed by atoms with Crippen molar-refractivity contribution in [3.8, 4) is 0 Å². The van der Waals surface area contributed by atoms with Crippen molar-refractivity contribution in [1.29, 1.82) is 0 Å². The van der Waals surface area contributed by atoms with Crippen LogP contribution in [0.15, 0.2) is 59.5 Å². The Morgan fingerprint density at radius 3 is 2.22 bits per heavy atom. The number of cyclic esters (lactones) is 1. The SMILES string of the molecule is CNS(=O)(=O)c1ccc(C2=C(c3ccccc3)C(=O)OC2)cc1. The average Bonchev–Trinajstić information content (AvgIpc) is 2.97. The highest BCUT2D eigenvalue weighted by Crippen LogP contribution is 2.33. The van der Waals surface area contributed by atoms with E-state index in [1.165, 1.54) is 19.2 Å². The van der Waals surface area contributed by atoms with E-state index in [-0.39, 0.29) is 17.5 Å². The zero-order valence-electron chi connectivity index (χ0n) is 12.4. The van der Waals surface area contributed by atoms with E-state index >= 15 is 0 Å². The van der Waals surface area contributed by atoms with Gasteiger partial charge in [-0.15, -0.1) is 0 Å². The maximum atomic E-state index is 12.0. The van der Waals surface area contributed by atoms with Crippen LogP contribution in [-0.2, 0) is 19.6 Å². The van der Waals surface area contributed by atoms with E-state index in [0.29, 0.717) is 5.57 Å². The molecule has 0 spiro atoms. The predicted molar refractivity (Wildman–Crippen MR) is 86.9 cm³/mol. The molecule has 0 fully saturated rings. The second-order valence-electron chi connectivity index (χ2n) is 5.03. The van der Waals surface area contributed by atoms with Crippen LogP contribution in [0.5, 0.6) is 0 Å². The Bertz CT molecular complexity index is 869. The summed E-state index contributed by atoms with van der Waals surface area (Å²) in [5.41, 5.74) is 2.84. The van der Waals surface area contributed by atoms with Crippen molar-refractivity contribution in [2.24, 2.45) is 0 Å². The molecular weight excluding hydrogens is 314 g/mol. The largest absolute Gasteiger partial charge is 0.457 e. The lowest BCUT2D eigenvalue weighted by molar-refractivity contribution is -0.133. The van der Waals surface area contributed by atoms with E-state index < -0.39 is 10.0 Å². The van der Waals surface area contributed by atoms with Crippen molar-refractivity contribution < 1.29 is 17.9 Å². The highest BCUT2D eigenvalue weighted by Gasteiger charge is 2.27. The molecule has 1 N–H and O–H groups in total. The van der Waals surface area contributed by atoms with Gasteiger partial charge < -0.3 is 4.74 Å². The van der Waals surface area contributed by atoms with Gasteiger partial charge in [-0.1, -0.05) is 42.5 Å². The molecule has 0 aromatic heterocycles. The first-order chi connectivity index (χ1) is 11.0. The molecule has 118 valence electrons. The van der Waals surface area contributed by atoms with Gasteiger partial charge in [-0.05, 0) is 30.3 Å². The maximum absolute atomic E-state index is 12.0. The van der Waals surface area contributed by atoms with Crippen LogP contribution in [0.4, 0.5) is 0 Å². The molecule has 0 amide bonds. The summed E-state index contributed by atoms with van der Waals surface area (Å²) in [6.07, 6.45) is 0. The molecule has 2 aromatic carbocycles. The standard InChI is InChI=1S/C17H15NO4S/c1-18-23(20,21)14-9-7-12(8-10-14)15-11-22-17(19)16(15)13-5-3-2-4-6-13/h2-10,18H,11H2,1H3. The fraction of sp³-hybridized carbons (Fsp3) is 0.118. The van der Waals surface area contributed by atoms with Gasteiger partial charge in [0.1, 0.15) is 6.61 Å². The Hall–Kier alpha value is -2.44. The Kier molecular flexibility index (Phi) is 4.02. The zero-order chi connectivity index (χ0) is 16.4. The molecule has 2 aromatic rings. The third-order valence-corrected chi connectivity index (χ3v) is 5.13. The van der Waals surface area contributed by atoms with E-state index in [4.69, 9.17) is 4.74 Å². The molecule has 0 radical (unpaired) electrons. The number of nitrogens with one attached hydrogen (secondary N) is 1. The summed E-state index contributed by atoms with van der Waals surface area (Å²) < 4.78 is 31.0. The van der Waals surface area contributed by atoms with Gasteiger partial charge in [0, 0.05) is 5.57 Å². The minimum absolute atomic E-state index is 0.177. The third kappa shape index (κ3) is 2.91. The lowest BCUT2D eigenvalue weighted by Crippen LogP contribution is -2.18. The highest BCUT2D eigenvalue weighted by molar-refractivity contribution is 7.89. The Morgan fingerprint density at radius 1 is 0.957 bits per heavy atom. The molecule has 0 saturated heterocycles. The van der Waals surface area contributed by atoms with Crippen LogP contribution in [0.2, 0.25) is 0 Å². The van der Waals surface area contributed by atoms with Crippen molar-refractivity contribution in [3.05, 3.63) is 65.7 Å². The molecule has 0 aliphatic carbocycles. The summed E-state index contributed by atoms with van der Waals surface area (Å²) in [7, 11) is -2.12. The lowest BCUT2D eigenvalue weighted by Gasteiger charge is -2.06. The Morgan fingerprint density at radius 2 is 1.61 bits per heavy atom. The zero-order valence-corrected chi connectivity index (χ0v) is 13.3. The summed E-state index contributed by atoms with van der Waals surface area (Å²) in [5, 5.41) is 0. The van der Waals surface area contributed by atoms with Gasteiger partial charge >= 0.3 is 5.97 Å². The summed E-state index contributed by atoms with van der Waals surface area (Å²) in [6, 6.07) is 15.7. The Labute approximate surface area is 134 Å². The molecule has 1 aliphatic rings. The molecule has 0 atom stereocenters. The number of hydrogen-bond acceptors (Lipinski definition) is 4. The van der Waals surface area contributed by atoms with Crippen molar-refractivity contribution >= 4 is 27.1 Å².